The fourth-order valence-electron chi connectivity index (χ4n) is 3.49. The minimum absolute atomic E-state index is 0.162. The lowest BCUT2D eigenvalue weighted by atomic mass is 9.65. The Balaban J connectivity index is 2.18. The SMILES string of the molecule is COc1cc(C)cc(C)c1C1(C2(C#N)CC2)COC1. The van der Waals surface area contributed by atoms with Crippen molar-refractivity contribution in [1.29, 1.82) is 5.26 Å². The average molecular weight is 257 g/mol. The average Bonchev–Trinajstić information content (AvgIpc) is 3.11. The van der Waals surface area contributed by atoms with Crippen molar-refractivity contribution in [1.82, 2.24) is 0 Å². The fourth-order valence-corrected chi connectivity index (χ4v) is 3.49. The number of ether oxygens (including phenoxy) is 2. The summed E-state index contributed by atoms with van der Waals surface area (Å²) in [6.45, 7) is 5.46. The monoisotopic (exact) mass is 257 g/mol. The second-order valence-corrected chi connectivity index (χ2v) is 5.93. The van der Waals surface area contributed by atoms with E-state index in [1.54, 1.807) is 7.11 Å². The predicted octanol–water partition coefficient (Wildman–Crippen LogP) is 2.88. The van der Waals surface area contributed by atoms with Crippen LogP contribution in [-0.4, -0.2) is 20.3 Å². The Kier molecular flexibility index (Phi) is 2.62. The summed E-state index contributed by atoms with van der Waals surface area (Å²) in [5.74, 6) is 0.905. The van der Waals surface area contributed by atoms with Crippen molar-refractivity contribution >= 4 is 0 Å². The van der Waals surface area contributed by atoms with E-state index in [2.05, 4.69) is 32.0 Å². The molecule has 1 saturated carbocycles. The fraction of sp³-hybridized carbons (Fsp3) is 0.562. The van der Waals surface area contributed by atoms with Crippen LogP contribution in [0.15, 0.2) is 12.1 Å². The summed E-state index contributed by atoms with van der Waals surface area (Å²) in [7, 11) is 1.71. The Morgan fingerprint density at radius 1 is 1.26 bits per heavy atom. The topological polar surface area (TPSA) is 42.2 Å². The summed E-state index contributed by atoms with van der Waals surface area (Å²) < 4.78 is 11.1. The van der Waals surface area contributed by atoms with Crippen molar-refractivity contribution in [3.8, 4) is 11.8 Å². The summed E-state index contributed by atoms with van der Waals surface area (Å²) in [6.07, 6.45) is 1.95. The van der Waals surface area contributed by atoms with Crippen molar-refractivity contribution in [3.05, 3.63) is 28.8 Å². The Morgan fingerprint density at radius 2 is 1.95 bits per heavy atom. The van der Waals surface area contributed by atoms with Gasteiger partial charge in [0.1, 0.15) is 5.75 Å². The largest absolute Gasteiger partial charge is 0.496 e. The number of nitrogens with zero attached hydrogens (tertiary/aromatic N) is 1. The van der Waals surface area contributed by atoms with Gasteiger partial charge in [-0.3, -0.25) is 0 Å². The standard InChI is InChI=1S/C16H19NO2/c1-11-6-12(2)14(13(7-11)18-3)16(9-19-10-16)15(8-17)4-5-15/h6-7H,4-5,9-10H2,1-3H3. The normalized spacial score (nSPS) is 22.2. The van der Waals surface area contributed by atoms with Crippen LogP contribution in [0.25, 0.3) is 0 Å². The molecule has 19 heavy (non-hydrogen) atoms. The van der Waals surface area contributed by atoms with Gasteiger partial charge in [0.05, 0.1) is 37.2 Å². The van der Waals surface area contributed by atoms with Gasteiger partial charge in [0.25, 0.3) is 0 Å². The maximum Gasteiger partial charge on any atom is 0.123 e. The summed E-state index contributed by atoms with van der Waals surface area (Å²) in [5.41, 5.74) is 3.19. The molecule has 0 radical (unpaired) electrons. The Bertz CT molecular complexity index is 563. The molecule has 1 saturated heterocycles. The molecular formula is C16H19NO2. The van der Waals surface area contributed by atoms with Gasteiger partial charge in [0, 0.05) is 5.56 Å². The van der Waals surface area contributed by atoms with Gasteiger partial charge >= 0.3 is 0 Å². The van der Waals surface area contributed by atoms with E-state index in [1.165, 1.54) is 16.7 Å². The lowest BCUT2D eigenvalue weighted by molar-refractivity contribution is -0.0878. The van der Waals surface area contributed by atoms with Crippen LogP contribution in [0.3, 0.4) is 0 Å². The van der Waals surface area contributed by atoms with Crippen LogP contribution < -0.4 is 4.74 Å². The highest BCUT2D eigenvalue weighted by Gasteiger charge is 2.65. The molecule has 3 nitrogen and oxygen atoms in total. The summed E-state index contributed by atoms with van der Waals surface area (Å²) in [5, 5.41) is 9.58. The van der Waals surface area contributed by atoms with Crippen LogP contribution in [0.4, 0.5) is 0 Å². The number of aryl methyl sites for hydroxylation is 2. The van der Waals surface area contributed by atoms with E-state index in [9.17, 15) is 5.26 Å². The third-order valence-electron chi connectivity index (χ3n) is 4.72. The van der Waals surface area contributed by atoms with Crippen molar-refractivity contribution in [2.24, 2.45) is 5.41 Å². The second-order valence-electron chi connectivity index (χ2n) is 5.93. The molecule has 0 aromatic heterocycles. The molecule has 2 fully saturated rings. The van der Waals surface area contributed by atoms with Crippen LogP contribution in [0.2, 0.25) is 0 Å². The predicted molar refractivity (Wildman–Crippen MR) is 72.2 cm³/mol. The maximum atomic E-state index is 9.58. The molecule has 100 valence electrons. The molecule has 1 aromatic carbocycles. The molecule has 3 rings (SSSR count). The smallest absolute Gasteiger partial charge is 0.123 e. The van der Waals surface area contributed by atoms with E-state index in [-0.39, 0.29) is 10.8 Å². The van der Waals surface area contributed by atoms with E-state index < -0.39 is 0 Å². The van der Waals surface area contributed by atoms with E-state index >= 15 is 0 Å². The number of hydrogen-bond acceptors (Lipinski definition) is 3. The molecular weight excluding hydrogens is 238 g/mol. The third-order valence-corrected chi connectivity index (χ3v) is 4.72. The molecule has 0 spiro atoms. The minimum atomic E-state index is -0.238. The molecule has 0 N–H and O–H groups in total. The zero-order valence-corrected chi connectivity index (χ0v) is 11.7. The van der Waals surface area contributed by atoms with Crippen molar-refractivity contribution in [2.75, 3.05) is 20.3 Å². The van der Waals surface area contributed by atoms with Crippen molar-refractivity contribution in [3.63, 3.8) is 0 Å². The van der Waals surface area contributed by atoms with Gasteiger partial charge in [0.15, 0.2) is 0 Å². The molecule has 3 heteroatoms. The van der Waals surface area contributed by atoms with E-state index in [0.29, 0.717) is 13.2 Å². The molecule has 2 aliphatic rings. The Labute approximate surface area is 114 Å². The van der Waals surface area contributed by atoms with Gasteiger partial charge < -0.3 is 9.47 Å². The summed E-state index contributed by atoms with van der Waals surface area (Å²) >= 11 is 0. The molecule has 1 aliphatic carbocycles. The lowest BCUT2D eigenvalue weighted by Gasteiger charge is -2.47. The van der Waals surface area contributed by atoms with E-state index in [4.69, 9.17) is 9.47 Å². The van der Waals surface area contributed by atoms with E-state index in [0.717, 1.165) is 18.6 Å². The molecule has 1 aliphatic heterocycles. The van der Waals surface area contributed by atoms with Gasteiger partial charge in [-0.2, -0.15) is 5.26 Å². The van der Waals surface area contributed by atoms with Gasteiger partial charge in [0.2, 0.25) is 0 Å². The zero-order valence-electron chi connectivity index (χ0n) is 11.7. The molecule has 1 heterocycles. The van der Waals surface area contributed by atoms with Gasteiger partial charge in [-0.25, -0.2) is 0 Å². The lowest BCUT2D eigenvalue weighted by Crippen LogP contribution is -2.54. The highest BCUT2D eigenvalue weighted by molar-refractivity contribution is 5.52. The number of methoxy groups -OCH3 is 1. The van der Waals surface area contributed by atoms with E-state index in [1.807, 2.05) is 0 Å². The molecule has 1 aromatic rings. The highest BCUT2D eigenvalue weighted by atomic mass is 16.5. The van der Waals surface area contributed by atoms with Crippen LogP contribution in [0.1, 0.15) is 29.5 Å². The Morgan fingerprint density at radius 3 is 2.37 bits per heavy atom. The molecule has 0 bridgehead atoms. The number of rotatable bonds is 3. The second kappa shape index (κ2) is 3.98. The first kappa shape index (κ1) is 12.5. The zero-order chi connectivity index (χ0) is 13.7. The Hall–Kier alpha value is -1.53. The van der Waals surface area contributed by atoms with Gasteiger partial charge in [-0.1, -0.05) is 6.07 Å². The quantitative estimate of drug-likeness (QED) is 0.836. The molecule has 0 amide bonds. The van der Waals surface area contributed by atoms with Crippen LogP contribution in [-0.2, 0) is 10.2 Å². The number of benzene rings is 1. The van der Waals surface area contributed by atoms with Gasteiger partial charge in [-0.15, -0.1) is 0 Å². The molecule has 0 atom stereocenters. The third kappa shape index (κ3) is 1.53. The molecule has 0 unspecified atom stereocenters. The maximum absolute atomic E-state index is 9.58. The minimum Gasteiger partial charge on any atom is -0.496 e. The van der Waals surface area contributed by atoms with Crippen LogP contribution in [0, 0.1) is 30.6 Å². The number of nitriles is 1. The first-order chi connectivity index (χ1) is 9.08. The first-order valence-corrected chi connectivity index (χ1v) is 6.73. The van der Waals surface area contributed by atoms with Crippen LogP contribution in [0.5, 0.6) is 5.75 Å². The highest BCUT2D eigenvalue weighted by Crippen LogP contribution is 2.63. The number of hydrogen-bond donors (Lipinski definition) is 0. The van der Waals surface area contributed by atoms with Crippen molar-refractivity contribution in [2.45, 2.75) is 32.1 Å². The van der Waals surface area contributed by atoms with Crippen molar-refractivity contribution < 1.29 is 9.47 Å². The van der Waals surface area contributed by atoms with Crippen LogP contribution >= 0.6 is 0 Å². The first-order valence-electron chi connectivity index (χ1n) is 6.73. The van der Waals surface area contributed by atoms with Gasteiger partial charge in [-0.05, 0) is 43.9 Å². The summed E-state index contributed by atoms with van der Waals surface area (Å²) in [4.78, 5) is 0. The summed E-state index contributed by atoms with van der Waals surface area (Å²) in [6, 6.07) is 6.79.